The van der Waals surface area contributed by atoms with Crippen molar-refractivity contribution in [2.45, 2.75) is 13.0 Å². The van der Waals surface area contributed by atoms with Crippen LogP contribution in [0.3, 0.4) is 0 Å². The standard InChI is InChI=1S/C6H7ClN4/c7-6-9-4-1-2-8-3-5(4)10-11-6/h8H,1-3H2. The maximum atomic E-state index is 5.57. The van der Waals surface area contributed by atoms with E-state index in [2.05, 4.69) is 20.5 Å². The molecule has 0 unspecified atom stereocenters. The molecule has 0 radical (unpaired) electrons. The van der Waals surface area contributed by atoms with Gasteiger partial charge in [0.25, 0.3) is 0 Å². The lowest BCUT2D eigenvalue weighted by atomic mass is 10.2. The number of hydrogen-bond acceptors (Lipinski definition) is 4. The monoisotopic (exact) mass is 170 g/mol. The van der Waals surface area contributed by atoms with Crippen molar-refractivity contribution in [1.82, 2.24) is 20.5 Å². The first-order chi connectivity index (χ1) is 5.36. The van der Waals surface area contributed by atoms with Crippen molar-refractivity contribution in [3.8, 4) is 0 Å². The fourth-order valence-electron chi connectivity index (χ4n) is 1.11. The molecule has 0 aromatic carbocycles. The topological polar surface area (TPSA) is 50.7 Å². The van der Waals surface area contributed by atoms with E-state index in [4.69, 9.17) is 11.6 Å². The number of fused-ring (bicyclic) bond motifs is 1. The van der Waals surface area contributed by atoms with Crippen LogP contribution in [0.4, 0.5) is 0 Å². The minimum atomic E-state index is 0.241. The lowest BCUT2D eigenvalue weighted by molar-refractivity contribution is 0.599. The van der Waals surface area contributed by atoms with E-state index in [1.165, 1.54) is 0 Å². The Labute approximate surface area is 69.0 Å². The zero-order chi connectivity index (χ0) is 7.68. The zero-order valence-corrected chi connectivity index (χ0v) is 6.60. The number of hydrogen-bond donors (Lipinski definition) is 1. The van der Waals surface area contributed by atoms with Gasteiger partial charge < -0.3 is 5.32 Å². The summed E-state index contributed by atoms with van der Waals surface area (Å²) >= 11 is 5.57. The molecule has 5 heteroatoms. The van der Waals surface area contributed by atoms with Crippen LogP contribution in [-0.4, -0.2) is 21.7 Å². The van der Waals surface area contributed by atoms with Crippen LogP contribution < -0.4 is 5.32 Å². The highest BCUT2D eigenvalue weighted by molar-refractivity contribution is 6.28. The van der Waals surface area contributed by atoms with E-state index in [-0.39, 0.29) is 5.28 Å². The number of rotatable bonds is 0. The molecule has 1 aromatic rings. The fraction of sp³-hybridized carbons (Fsp3) is 0.500. The average molecular weight is 171 g/mol. The molecular formula is C6H7ClN4. The molecule has 0 aliphatic carbocycles. The minimum Gasteiger partial charge on any atom is -0.311 e. The molecule has 0 spiro atoms. The molecule has 1 aliphatic heterocycles. The number of nitrogens with one attached hydrogen (secondary N) is 1. The van der Waals surface area contributed by atoms with Gasteiger partial charge in [-0.1, -0.05) is 0 Å². The third-order valence-electron chi connectivity index (χ3n) is 1.64. The van der Waals surface area contributed by atoms with E-state index >= 15 is 0 Å². The van der Waals surface area contributed by atoms with Crippen molar-refractivity contribution in [3.05, 3.63) is 16.7 Å². The van der Waals surface area contributed by atoms with Gasteiger partial charge in [0.1, 0.15) is 0 Å². The van der Waals surface area contributed by atoms with Crippen molar-refractivity contribution < 1.29 is 0 Å². The minimum absolute atomic E-state index is 0.241. The molecule has 0 saturated heterocycles. The molecule has 0 amide bonds. The summed E-state index contributed by atoms with van der Waals surface area (Å²) in [6.07, 6.45) is 0.893. The van der Waals surface area contributed by atoms with Gasteiger partial charge in [0, 0.05) is 19.5 Å². The first-order valence-corrected chi connectivity index (χ1v) is 3.83. The Morgan fingerprint density at radius 2 is 2.18 bits per heavy atom. The Morgan fingerprint density at radius 3 is 3.09 bits per heavy atom. The number of nitrogens with zero attached hydrogens (tertiary/aromatic N) is 3. The molecule has 2 heterocycles. The van der Waals surface area contributed by atoms with Crippen molar-refractivity contribution in [1.29, 1.82) is 0 Å². The molecule has 1 aliphatic rings. The van der Waals surface area contributed by atoms with E-state index in [1.54, 1.807) is 0 Å². The maximum Gasteiger partial charge on any atom is 0.243 e. The van der Waals surface area contributed by atoms with Crippen LogP contribution in [0.1, 0.15) is 11.4 Å². The summed E-state index contributed by atoms with van der Waals surface area (Å²) in [5.41, 5.74) is 1.89. The average Bonchev–Trinajstić information content (AvgIpc) is 2.04. The first kappa shape index (κ1) is 6.94. The second-order valence-corrected chi connectivity index (χ2v) is 2.74. The van der Waals surface area contributed by atoms with Gasteiger partial charge >= 0.3 is 0 Å². The summed E-state index contributed by atoms with van der Waals surface area (Å²) < 4.78 is 0. The van der Waals surface area contributed by atoms with E-state index in [9.17, 15) is 0 Å². The third-order valence-corrected chi connectivity index (χ3v) is 1.80. The van der Waals surface area contributed by atoms with Crippen LogP contribution in [0.15, 0.2) is 0 Å². The molecular weight excluding hydrogens is 164 g/mol. The Hall–Kier alpha value is -0.740. The van der Waals surface area contributed by atoms with Crippen LogP contribution >= 0.6 is 11.6 Å². The van der Waals surface area contributed by atoms with Gasteiger partial charge in [0.15, 0.2) is 0 Å². The van der Waals surface area contributed by atoms with Gasteiger partial charge in [0.2, 0.25) is 5.28 Å². The van der Waals surface area contributed by atoms with Crippen molar-refractivity contribution in [2.75, 3.05) is 6.54 Å². The molecule has 1 N–H and O–H groups in total. The van der Waals surface area contributed by atoms with Crippen LogP contribution in [0, 0.1) is 0 Å². The van der Waals surface area contributed by atoms with Crippen molar-refractivity contribution >= 4 is 11.6 Å². The molecule has 58 valence electrons. The highest BCUT2D eigenvalue weighted by Crippen LogP contribution is 2.08. The molecule has 0 saturated carbocycles. The van der Waals surface area contributed by atoms with Crippen molar-refractivity contribution in [3.63, 3.8) is 0 Å². The van der Waals surface area contributed by atoms with Crippen LogP contribution in [-0.2, 0) is 13.0 Å². The molecule has 1 aromatic heterocycles. The molecule has 2 rings (SSSR count). The molecule has 0 fully saturated rings. The van der Waals surface area contributed by atoms with Gasteiger partial charge in [-0.25, -0.2) is 4.98 Å². The lowest BCUT2D eigenvalue weighted by Crippen LogP contribution is -2.26. The van der Waals surface area contributed by atoms with Gasteiger partial charge in [-0.2, -0.15) is 0 Å². The summed E-state index contributed by atoms with van der Waals surface area (Å²) in [5.74, 6) is 0. The highest BCUT2D eigenvalue weighted by Gasteiger charge is 2.11. The van der Waals surface area contributed by atoms with E-state index in [0.29, 0.717) is 0 Å². The number of aromatic nitrogens is 3. The van der Waals surface area contributed by atoms with Crippen LogP contribution in [0.2, 0.25) is 5.28 Å². The predicted octanol–water partition coefficient (Wildman–Crippen LogP) is 0.171. The van der Waals surface area contributed by atoms with Crippen molar-refractivity contribution in [2.24, 2.45) is 0 Å². The maximum absolute atomic E-state index is 5.57. The normalized spacial score (nSPS) is 16.1. The summed E-state index contributed by atoms with van der Waals surface area (Å²) in [5, 5.41) is 11.0. The van der Waals surface area contributed by atoms with Gasteiger partial charge in [-0.05, 0) is 11.6 Å². The Morgan fingerprint density at radius 1 is 1.27 bits per heavy atom. The zero-order valence-electron chi connectivity index (χ0n) is 5.84. The Kier molecular flexibility index (Phi) is 1.71. The highest BCUT2D eigenvalue weighted by atomic mass is 35.5. The van der Waals surface area contributed by atoms with Crippen LogP contribution in [0.25, 0.3) is 0 Å². The Balaban J connectivity index is 2.43. The summed E-state index contributed by atoms with van der Waals surface area (Å²) in [7, 11) is 0. The summed E-state index contributed by atoms with van der Waals surface area (Å²) in [4.78, 5) is 4.07. The molecule has 0 atom stereocenters. The smallest absolute Gasteiger partial charge is 0.243 e. The third kappa shape index (κ3) is 1.32. The van der Waals surface area contributed by atoms with Crippen LogP contribution in [0.5, 0.6) is 0 Å². The van der Waals surface area contributed by atoms with E-state index in [1.807, 2.05) is 0 Å². The lowest BCUT2D eigenvalue weighted by Gasteiger charge is -2.12. The Bertz CT molecular complexity index is 275. The van der Waals surface area contributed by atoms with E-state index < -0.39 is 0 Å². The second kappa shape index (κ2) is 2.71. The predicted molar refractivity (Wildman–Crippen MR) is 40.2 cm³/mol. The van der Waals surface area contributed by atoms with E-state index in [0.717, 1.165) is 30.9 Å². The molecule has 0 bridgehead atoms. The largest absolute Gasteiger partial charge is 0.311 e. The fourth-order valence-corrected chi connectivity index (χ4v) is 1.25. The quantitative estimate of drug-likeness (QED) is 0.603. The summed E-state index contributed by atoms with van der Waals surface area (Å²) in [6, 6.07) is 0. The van der Waals surface area contributed by atoms with Gasteiger partial charge in [-0.15, -0.1) is 10.2 Å². The second-order valence-electron chi connectivity index (χ2n) is 2.40. The summed E-state index contributed by atoms with van der Waals surface area (Å²) in [6.45, 7) is 1.70. The molecule has 4 nitrogen and oxygen atoms in total. The van der Waals surface area contributed by atoms with Gasteiger partial charge in [-0.3, -0.25) is 0 Å². The molecule has 11 heavy (non-hydrogen) atoms. The first-order valence-electron chi connectivity index (χ1n) is 3.45. The van der Waals surface area contributed by atoms with Gasteiger partial charge in [0.05, 0.1) is 11.4 Å². The number of halogens is 1. The SMILES string of the molecule is Clc1nnc2c(n1)CCNC2.